The monoisotopic (exact) mass is 419 g/mol. The highest BCUT2D eigenvalue weighted by molar-refractivity contribution is 7.89. The molecule has 0 N–H and O–H groups in total. The highest BCUT2D eigenvalue weighted by atomic mass is 32.2. The van der Waals surface area contributed by atoms with Crippen LogP contribution in [-0.2, 0) is 33.9 Å². The van der Waals surface area contributed by atoms with Gasteiger partial charge < -0.3 is 9.47 Å². The number of esters is 2. The van der Waals surface area contributed by atoms with Crippen LogP contribution in [-0.4, -0.2) is 64.5 Å². The van der Waals surface area contributed by atoms with E-state index in [1.54, 1.807) is 6.92 Å². The summed E-state index contributed by atoms with van der Waals surface area (Å²) in [5, 5.41) is 0. The van der Waals surface area contributed by atoms with Gasteiger partial charge in [-0.1, -0.05) is 19.6 Å². The van der Waals surface area contributed by atoms with Gasteiger partial charge in [-0.25, -0.2) is 18.0 Å². The molecule has 0 radical (unpaired) electrons. The summed E-state index contributed by atoms with van der Waals surface area (Å²) in [6.07, 6.45) is 1.69. The summed E-state index contributed by atoms with van der Waals surface area (Å²) in [6.45, 7) is 8.08. The van der Waals surface area contributed by atoms with Gasteiger partial charge in [0.25, 0.3) is 0 Å². The molecule has 0 saturated heterocycles. The minimum absolute atomic E-state index is 0.0112. The molecule has 0 spiro atoms. The summed E-state index contributed by atoms with van der Waals surface area (Å²) in [6, 6.07) is 0.577. The molecule has 0 saturated carbocycles. The smallest absolute Gasteiger partial charge is 0.374 e. The summed E-state index contributed by atoms with van der Waals surface area (Å²) in [7, 11) is -4.13. The van der Waals surface area contributed by atoms with Crippen LogP contribution in [0.4, 0.5) is 0 Å². The third kappa shape index (κ3) is 7.09. The molecule has 1 unspecified atom stereocenters. The molecule has 1 aliphatic heterocycles. The molecule has 10 heteroatoms. The number of ether oxygens (including phenoxy) is 2. The van der Waals surface area contributed by atoms with Gasteiger partial charge in [-0.2, -0.15) is 0 Å². The maximum absolute atomic E-state index is 12.8. The Morgan fingerprint density at radius 2 is 1.89 bits per heavy atom. The van der Waals surface area contributed by atoms with Crippen LogP contribution in [0, 0.1) is 5.92 Å². The van der Waals surface area contributed by atoms with Crippen LogP contribution in [0.25, 0.3) is 0 Å². The first-order valence-corrected chi connectivity index (χ1v) is 14.2. The molecule has 0 aromatic carbocycles. The quantitative estimate of drug-likeness (QED) is 0.300. The maximum atomic E-state index is 12.8. The van der Waals surface area contributed by atoms with Crippen molar-refractivity contribution in [2.75, 3.05) is 26.0 Å². The molecule has 0 bridgehead atoms. The van der Waals surface area contributed by atoms with Gasteiger partial charge in [-0.15, -0.1) is 0 Å². The minimum Gasteiger partial charge on any atom is -0.463 e. The average molecular weight is 420 g/mol. The Bertz CT molecular complexity index is 709. The highest BCUT2D eigenvalue weighted by Crippen LogP contribution is 2.29. The van der Waals surface area contributed by atoms with E-state index in [0.29, 0.717) is 6.04 Å². The molecular formula is C17H29NO7SSi. The Kier molecular flexibility index (Phi) is 8.21. The molecule has 1 rings (SSSR count). The zero-order chi connectivity index (χ0) is 20.8. The van der Waals surface area contributed by atoms with Gasteiger partial charge in [-0.3, -0.25) is 9.10 Å². The molecule has 0 fully saturated rings. The Labute approximate surface area is 161 Å². The third-order valence-corrected chi connectivity index (χ3v) is 8.00. The fourth-order valence-corrected chi connectivity index (χ4v) is 7.12. The number of hydrogen-bond donors (Lipinski definition) is 0. The first-order chi connectivity index (χ1) is 12.4. The standard InChI is InChI=1S/C17H29NO7SSi/c1-6-25-16(20)14-11-13(7-8-15(19)17(21)24-2)12-18(14)26(22,23)9-10-27(3,4)5/h11,13H,6-10,12H2,1-5H3. The topological polar surface area (TPSA) is 107 Å². The van der Waals surface area contributed by atoms with Crippen LogP contribution in [0.3, 0.4) is 0 Å². The Balaban J connectivity index is 2.93. The third-order valence-electron chi connectivity index (χ3n) is 4.15. The van der Waals surface area contributed by atoms with Gasteiger partial charge in [0, 0.05) is 21.0 Å². The first kappa shape index (κ1) is 23.4. The lowest BCUT2D eigenvalue weighted by molar-refractivity contribution is -0.151. The summed E-state index contributed by atoms with van der Waals surface area (Å²) in [4.78, 5) is 35.1. The number of carbonyl (C=O) groups excluding carboxylic acids is 3. The summed E-state index contributed by atoms with van der Waals surface area (Å²) in [5.74, 6) is -2.69. The van der Waals surface area contributed by atoms with Gasteiger partial charge in [0.15, 0.2) is 0 Å². The predicted molar refractivity (Wildman–Crippen MR) is 103 cm³/mol. The fraction of sp³-hybridized carbons (Fsp3) is 0.706. The van der Waals surface area contributed by atoms with Gasteiger partial charge in [0.1, 0.15) is 5.70 Å². The number of rotatable bonds is 10. The zero-order valence-corrected chi connectivity index (χ0v) is 18.4. The van der Waals surface area contributed by atoms with Crippen LogP contribution >= 0.6 is 0 Å². The number of ketones is 1. The van der Waals surface area contributed by atoms with Crippen molar-refractivity contribution in [3.05, 3.63) is 11.8 Å². The molecule has 0 amide bonds. The van der Waals surface area contributed by atoms with Crippen molar-refractivity contribution in [2.45, 2.75) is 45.5 Å². The molecule has 1 aliphatic rings. The number of carbonyl (C=O) groups is 3. The van der Waals surface area contributed by atoms with E-state index in [0.717, 1.165) is 11.4 Å². The van der Waals surface area contributed by atoms with Crippen LogP contribution < -0.4 is 0 Å². The van der Waals surface area contributed by atoms with E-state index in [-0.39, 0.29) is 43.4 Å². The van der Waals surface area contributed by atoms with Crippen molar-refractivity contribution in [3.63, 3.8) is 0 Å². The van der Waals surface area contributed by atoms with Crippen molar-refractivity contribution in [2.24, 2.45) is 5.92 Å². The summed E-state index contributed by atoms with van der Waals surface area (Å²) < 4.78 is 36.0. The molecule has 27 heavy (non-hydrogen) atoms. The van der Waals surface area contributed by atoms with Crippen molar-refractivity contribution in [1.82, 2.24) is 4.31 Å². The molecular weight excluding hydrogens is 390 g/mol. The zero-order valence-electron chi connectivity index (χ0n) is 16.6. The molecule has 8 nitrogen and oxygen atoms in total. The van der Waals surface area contributed by atoms with E-state index in [9.17, 15) is 22.8 Å². The fourth-order valence-electron chi connectivity index (χ4n) is 2.56. The SMILES string of the molecule is CCOC(=O)C1=CC(CCC(=O)C(=O)OC)CN1S(=O)(=O)CC[Si](C)(C)C. The van der Waals surface area contributed by atoms with E-state index < -0.39 is 35.8 Å². The molecule has 1 heterocycles. The minimum atomic E-state index is -3.68. The first-order valence-electron chi connectivity index (χ1n) is 8.91. The lowest BCUT2D eigenvalue weighted by atomic mass is 10.0. The lowest BCUT2D eigenvalue weighted by Crippen LogP contribution is -2.36. The van der Waals surface area contributed by atoms with Gasteiger partial charge in [0.2, 0.25) is 15.8 Å². The number of nitrogens with zero attached hydrogens (tertiary/aromatic N) is 1. The molecule has 1 atom stereocenters. The summed E-state index contributed by atoms with van der Waals surface area (Å²) in [5.41, 5.74) is -0.0112. The van der Waals surface area contributed by atoms with Crippen LogP contribution in [0.5, 0.6) is 0 Å². The van der Waals surface area contributed by atoms with E-state index in [2.05, 4.69) is 24.4 Å². The second kappa shape index (κ2) is 9.49. The van der Waals surface area contributed by atoms with E-state index in [1.165, 1.54) is 6.08 Å². The van der Waals surface area contributed by atoms with Crippen LogP contribution in [0.2, 0.25) is 25.7 Å². The second-order valence-electron chi connectivity index (χ2n) is 7.64. The Morgan fingerprint density at radius 3 is 2.41 bits per heavy atom. The summed E-state index contributed by atoms with van der Waals surface area (Å²) >= 11 is 0. The van der Waals surface area contributed by atoms with Crippen molar-refractivity contribution in [3.8, 4) is 0 Å². The Hall–Kier alpha value is -1.68. The predicted octanol–water partition coefficient (Wildman–Crippen LogP) is 1.56. The van der Waals surface area contributed by atoms with Gasteiger partial charge in [-0.05, 0) is 31.4 Å². The number of Topliss-reactive ketones (excluding diaryl/α,β-unsaturated/α-hetero) is 1. The van der Waals surface area contributed by atoms with Gasteiger partial charge >= 0.3 is 11.9 Å². The van der Waals surface area contributed by atoms with Crippen molar-refractivity contribution >= 4 is 35.8 Å². The molecule has 0 aromatic rings. The van der Waals surface area contributed by atoms with Gasteiger partial charge in [0.05, 0.1) is 19.5 Å². The van der Waals surface area contributed by atoms with E-state index in [4.69, 9.17) is 4.74 Å². The number of sulfonamides is 1. The average Bonchev–Trinajstić information content (AvgIpc) is 3.02. The van der Waals surface area contributed by atoms with Crippen molar-refractivity contribution < 1.29 is 32.3 Å². The lowest BCUT2D eigenvalue weighted by Gasteiger charge is -2.24. The highest BCUT2D eigenvalue weighted by Gasteiger charge is 2.37. The molecule has 0 aromatic heterocycles. The second-order valence-corrected chi connectivity index (χ2v) is 15.3. The number of methoxy groups -OCH3 is 1. The maximum Gasteiger partial charge on any atom is 0.374 e. The molecule has 154 valence electrons. The van der Waals surface area contributed by atoms with E-state index in [1.807, 2.05) is 0 Å². The largest absolute Gasteiger partial charge is 0.463 e. The number of hydrogen-bond acceptors (Lipinski definition) is 7. The van der Waals surface area contributed by atoms with Crippen LogP contribution in [0.1, 0.15) is 19.8 Å². The van der Waals surface area contributed by atoms with Crippen LogP contribution in [0.15, 0.2) is 11.8 Å². The van der Waals surface area contributed by atoms with Crippen molar-refractivity contribution in [1.29, 1.82) is 0 Å². The normalized spacial score (nSPS) is 17.4. The van der Waals surface area contributed by atoms with E-state index >= 15 is 0 Å². The Morgan fingerprint density at radius 1 is 1.26 bits per heavy atom. The molecule has 0 aliphatic carbocycles.